The molecule has 24 heavy (non-hydrogen) atoms. The van der Waals surface area contributed by atoms with Crippen LogP contribution in [0.5, 0.6) is 0 Å². The molecule has 0 radical (unpaired) electrons. The van der Waals surface area contributed by atoms with Gasteiger partial charge in [-0.25, -0.2) is 4.79 Å². The summed E-state index contributed by atoms with van der Waals surface area (Å²) in [5.74, 6) is -2.23. The molecule has 2 aromatic rings. The maximum absolute atomic E-state index is 10.9. The molecule has 2 rings (SSSR count). The molecule has 2 aromatic carbocycles. The van der Waals surface area contributed by atoms with Crippen LogP contribution in [0.25, 0.3) is 0 Å². The van der Waals surface area contributed by atoms with Crippen LogP contribution in [0.4, 0.5) is 11.4 Å². The van der Waals surface area contributed by atoms with Crippen molar-refractivity contribution in [1.29, 1.82) is 0 Å². The van der Waals surface area contributed by atoms with Crippen molar-refractivity contribution in [2.75, 3.05) is 11.9 Å². The Balaban J connectivity index is 2.24. The molecule has 1 atom stereocenters. The summed E-state index contributed by atoms with van der Waals surface area (Å²) in [6.07, 6.45) is -0.0646. The second kappa shape index (κ2) is 7.81. The maximum atomic E-state index is 10.9. The smallest absolute Gasteiger partial charge is 0.335 e. The Labute approximate surface area is 143 Å². The molecule has 6 nitrogen and oxygen atoms in total. The van der Waals surface area contributed by atoms with Gasteiger partial charge < -0.3 is 21.3 Å². The van der Waals surface area contributed by atoms with Crippen LogP contribution in [0.2, 0.25) is 5.02 Å². The van der Waals surface area contributed by atoms with Crippen molar-refractivity contribution in [3.05, 3.63) is 58.6 Å². The van der Waals surface area contributed by atoms with E-state index in [0.29, 0.717) is 16.4 Å². The number of hydrogen-bond donors (Lipinski definition) is 4. The van der Waals surface area contributed by atoms with Gasteiger partial charge in [0.05, 0.1) is 22.7 Å². The van der Waals surface area contributed by atoms with Gasteiger partial charge in [-0.2, -0.15) is 0 Å². The van der Waals surface area contributed by atoms with Crippen molar-refractivity contribution in [1.82, 2.24) is 0 Å². The summed E-state index contributed by atoms with van der Waals surface area (Å²) in [7, 11) is 0. The summed E-state index contributed by atoms with van der Waals surface area (Å²) in [4.78, 5) is 21.8. The Kier molecular flexibility index (Phi) is 5.78. The summed E-state index contributed by atoms with van der Waals surface area (Å²) in [5.41, 5.74) is 7.89. The predicted molar refractivity (Wildman–Crippen MR) is 92.2 cm³/mol. The Morgan fingerprint density at radius 1 is 1.12 bits per heavy atom. The fourth-order valence-corrected chi connectivity index (χ4v) is 2.46. The predicted octanol–water partition coefficient (Wildman–Crippen LogP) is 3.30. The normalized spacial score (nSPS) is 11.8. The average molecular weight is 349 g/mol. The van der Waals surface area contributed by atoms with E-state index < -0.39 is 11.9 Å². The lowest BCUT2D eigenvalue weighted by Crippen LogP contribution is -2.16. The summed E-state index contributed by atoms with van der Waals surface area (Å²) in [5, 5.41) is 21.4. The van der Waals surface area contributed by atoms with E-state index in [0.717, 1.165) is 5.56 Å². The van der Waals surface area contributed by atoms with E-state index >= 15 is 0 Å². The second-order valence-corrected chi connectivity index (χ2v) is 5.68. The van der Waals surface area contributed by atoms with Gasteiger partial charge in [0.25, 0.3) is 0 Å². The fraction of sp³-hybridized carbons (Fsp3) is 0.176. The Bertz CT molecular complexity index is 747. The highest BCUT2D eigenvalue weighted by atomic mass is 35.5. The molecule has 0 heterocycles. The number of halogens is 1. The molecular weight excluding hydrogens is 332 g/mol. The number of rotatable bonds is 7. The highest BCUT2D eigenvalue weighted by Gasteiger charge is 2.15. The number of carbonyl (C=O) groups is 2. The largest absolute Gasteiger partial charge is 0.481 e. The van der Waals surface area contributed by atoms with Crippen molar-refractivity contribution in [3.63, 3.8) is 0 Å². The minimum Gasteiger partial charge on any atom is -0.481 e. The zero-order valence-electron chi connectivity index (χ0n) is 12.7. The average Bonchev–Trinajstić information content (AvgIpc) is 2.55. The lowest BCUT2D eigenvalue weighted by Gasteiger charge is -2.16. The molecule has 0 saturated heterocycles. The number of carboxylic acids is 2. The van der Waals surface area contributed by atoms with Crippen LogP contribution in [0.1, 0.15) is 28.3 Å². The Morgan fingerprint density at radius 3 is 2.33 bits per heavy atom. The van der Waals surface area contributed by atoms with Gasteiger partial charge in [0.15, 0.2) is 0 Å². The van der Waals surface area contributed by atoms with Crippen LogP contribution in [-0.2, 0) is 4.79 Å². The van der Waals surface area contributed by atoms with Gasteiger partial charge in [-0.05, 0) is 48.5 Å². The second-order valence-electron chi connectivity index (χ2n) is 5.28. The molecule has 0 aliphatic heterocycles. The lowest BCUT2D eigenvalue weighted by molar-refractivity contribution is -0.137. The van der Waals surface area contributed by atoms with E-state index in [-0.39, 0.29) is 24.4 Å². The van der Waals surface area contributed by atoms with E-state index in [1.807, 2.05) is 0 Å². The molecule has 0 aliphatic carbocycles. The SMILES string of the molecule is NCC(CC(=O)O)c1ccc(Cl)c(Nc2ccc(C(=O)O)cc2)c1. The summed E-state index contributed by atoms with van der Waals surface area (Å²) in [6.45, 7) is 0.209. The Morgan fingerprint density at radius 2 is 1.79 bits per heavy atom. The van der Waals surface area contributed by atoms with Gasteiger partial charge in [-0.15, -0.1) is 0 Å². The quantitative estimate of drug-likeness (QED) is 0.610. The first-order chi connectivity index (χ1) is 11.4. The molecule has 0 fully saturated rings. The summed E-state index contributed by atoms with van der Waals surface area (Å²) < 4.78 is 0. The van der Waals surface area contributed by atoms with Gasteiger partial charge in [0, 0.05) is 11.6 Å². The first-order valence-corrected chi connectivity index (χ1v) is 7.60. The van der Waals surface area contributed by atoms with Crippen molar-refractivity contribution in [2.45, 2.75) is 12.3 Å². The molecule has 0 aromatic heterocycles. The zero-order chi connectivity index (χ0) is 17.7. The van der Waals surface area contributed by atoms with Crippen molar-refractivity contribution in [3.8, 4) is 0 Å². The van der Waals surface area contributed by atoms with Crippen LogP contribution < -0.4 is 11.1 Å². The maximum Gasteiger partial charge on any atom is 0.335 e. The molecule has 126 valence electrons. The fourth-order valence-electron chi connectivity index (χ4n) is 2.29. The third kappa shape index (κ3) is 4.47. The van der Waals surface area contributed by atoms with Gasteiger partial charge in [-0.1, -0.05) is 17.7 Å². The van der Waals surface area contributed by atoms with E-state index in [4.69, 9.17) is 27.5 Å². The number of carboxylic acid groups (broad SMARTS) is 2. The number of hydrogen-bond acceptors (Lipinski definition) is 4. The van der Waals surface area contributed by atoms with Gasteiger partial charge >= 0.3 is 11.9 Å². The highest BCUT2D eigenvalue weighted by Crippen LogP contribution is 2.30. The molecule has 1 unspecified atom stereocenters. The number of nitrogens with one attached hydrogen (secondary N) is 1. The number of aliphatic carboxylic acids is 1. The molecule has 5 N–H and O–H groups in total. The minimum atomic E-state index is -0.999. The van der Waals surface area contributed by atoms with Crippen molar-refractivity contribution >= 4 is 34.9 Å². The van der Waals surface area contributed by atoms with Crippen molar-refractivity contribution < 1.29 is 19.8 Å². The molecule has 0 amide bonds. The van der Waals surface area contributed by atoms with Crippen LogP contribution in [-0.4, -0.2) is 28.7 Å². The van der Waals surface area contributed by atoms with Crippen LogP contribution >= 0.6 is 11.6 Å². The molecule has 7 heteroatoms. The first-order valence-electron chi connectivity index (χ1n) is 7.22. The standard InChI is InChI=1S/C17H17ClN2O4/c18-14-6-3-11(12(9-19)8-16(21)22)7-15(14)20-13-4-1-10(2-5-13)17(23)24/h1-7,12,20H,8-9,19H2,(H,21,22)(H,23,24). The van der Waals surface area contributed by atoms with E-state index in [1.54, 1.807) is 30.3 Å². The number of anilines is 2. The lowest BCUT2D eigenvalue weighted by atomic mass is 9.95. The van der Waals surface area contributed by atoms with Crippen LogP contribution in [0, 0.1) is 0 Å². The van der Waals surface area contributed by atoms with Crippen LogP contribution in [0.3, 0.4) is 0 Å². The Hall–Kier alpha value is -2.57. The van der Waals surface area contributed by atoms with Gasteiger partial charge in [0.2, 0.25) is 0 Å². The number of nitrogens with two attached hydrogens (primary N) is 1. The number of aromatic carboxylic acids is 1. The third-order valence-corrected chi connectivity index (χ3v) is 3.91. The topological polar surface area (TPSA) is 113 Å². The van der Waals surface area contributed by atoms with Gasteiger partial charge in [-0.3, -0.25) is 4.79 Å². The molecule has 0 bridgehead atoms. The molecule has 0 saturated carbocycles. The van der Waals surface area contributed by atoms with E-state index in [2.05, 4.69) is 5.32 Å². The van der Waals surface area contributed by atoms with Crippen LogP contribution in [0.15, 0.2) is 42.5 Å². The molecular formula is C17H17ClN2O4. The third-order valence-electron chi connectivity index (χ3n) is 3.58. The van der Waals surface area contributed by atoms with E-state index in [1.165, 1.54) is 12.1 Å². The van der Waals surface area contributed by atoms with Gasteiger partial charge in [0.1, 0.15) is 0 Å². The summed E-state index contributed by atoms with van der Waals surface area (Å²) >= 11 is 6.18. The zero-order valence-corrected chi connectivity index (χ0v) is 13.5. The highest BCUT2D eigenvalue weighted by molar-refractivity contribution is 6.33. The molecule has 0 spiro atoms. The van der Waals surface area contributed by atoms with E-state index in [9.17, 15) is 9.59 Å². The molecule has 0 aliphatic rings. The first kappa shape index (κ1) is 17.8. The van der Waals surface area contributed by atoms with Crippen molar-refractivity contribution in [2.24, 2.45) is 5.73 Å². The minimum absolute atomic E-state index is 0.0646. The monoisotopic (exact) mass is 348 g/mol. The summed E-state index contributed by atoms with van der Waals surface area (Å²) in [6, 6.07) is 11.4. The number of benzene rings is 2.